The summed E-state index contributed by atoms with van der Waals surface area (Å²) < 4.78 is 0. The molecule has 1 saturated heterocycles. The summed E-state index contributed by atoms with van der Waals surface area (Å²) in [5.41, 5.74) is 2.39. The van der Waals surface area contributed by atoms with Gasteiger partial charge in [-0.1, -0.05) is 30.3 Å². The van der Waals surface area contributed by atoms with E-state index in [-0.39, 0.29) is 0 Å². The predicted molar refractivity (Wildman–Crippen MR) is 94.2 cm³/mol. The molecule has 1 N–H and O–H groups in total. The maximum atomic E-state index is 4.77. The van der Waals surface area contributed by atoms with Gasteiger partial charge >= 0.3 is 0 Å². The minimum absolute atomic E-state index is 0.396. The number of thiazole rings is 1. The van der Waals surface area contributed by atoms with Crippen molar-refractivity contribution >= 4 is 23.1 Å². The summed E-state index contributed by atoms with van der Waals surface area (Å²) in [6.45, 7) is 4.41. The van der Waals surface area contributed by atoms with Crippen LogP contribution in [-0.4, -0.2) is 22.5 Å². The van der Waals surface area contributed by atoms with Gasteiger partial charge in [-0.05, 0) is 38.2 Å². The Bertz CT molecular complexity index is 574. The van der Waals surface area contributed by atoms with Crippen LogP contribution in [0.25, 0.3) is 10.6 Å². The first-order valence-electron chi connectivity index (χ1n) is 7.60. The molecule has 2 heterocycles. The molecule has 0 amide bonds. The van der Waals surface area contributed by atoms with Crippen molar-refractivity contribution in [3.05, 3.63) is 40.9 Å². The summed E-state index contributed by atoms with van der Waals surface area (Å²) in [7, 11) is 0. The van der Waals surface area contributed by atoms with E-state index in [1.165, 1.54) is 40.5 Å². The van der Waals surface area contributed by atoms with Gasteiger partial charge in [0.2, 0.25) is 0 Å². The zero-order chi connectivity index (χ0) is 14.7. The van der Waals surface area contributed by atoms with Crippen molar-refractivity contribution in [2.75, 3.05) is 11.5 Å². The molecular weight excluding hydrogens is 296 g/mol. The topological polar surface area (TPSA) is 24.9 Å². The first kappa shape index (κ1) is 15.1. The average molecular weight is 319 g/mol. The molecule has 2 aromatic rings. The summed E-state index contributed by atoms with van der Waals surface area (Å²) in [4.78, 5) is 6.15. The van der Waals surface area contributed by atoms with Gasteiger partial charge in [-0.2, -0.15) is 11.8 Å². The van der Waals surface area contributed by atoms with Crippen LogP contribution in [0.15, 0.2) is 30.3 Å². The zero-order valence-corrected chi connectivity index (χ0v) is 14.3. The molecule has 0 bridgehead atoms. The van der Waals surface area contributed by atoms with E-state index < -0.39 is 0 Å². The van der Waals surface area contributed by atoms with E-state index in [0.717, 1.165) is 5.01 Å². The molecule has 4 heteroatoms. The van der Waals surface area contributed by atoms with E-state index in [1.807, 2.05) is 11.3 Å². The molecule has 1 aromatic carbocycles. The predicted octanol–water partition coefficient (Wildman–Crippen LogP) is 4.66. The summed E-state index contributed by atoms with van der Waals surface area (Å²) in [6.07, 6.45) is 2.58. The molecule has 3 rings (SSSR count). The van der Waals surface area contributed by atoms with Gasteiger partial charge in [0.25, 0.3) is 0 Å². The standard InChI is InChI=1S/C17H22N2S2/c1-12(18-15-8-10-20-11-9-15)16-13(2)19-17(21-16)14-6-4-3-5-7-14/h3-7,12,15,18H,8-11H2,1-2H3. The summed E-state index contributed by atoms with van der Waals surface area (Å²) >= 11 is 3.91. The van der Waals surface area contributed by atoms with Crippen molar-refractivity contribution in [1.29, 1.82) is 0 Å². The van der Waals surface area contributed by atoms with Crippen LogP contribution in [0.1, 0.15) is 36.4 Å². The van der Waals surface area contributed by atoms with Crippen LogP contribution < -0.4 is 5.32 Å². The first-order chi connectivity index (χ1) is 10.2. The molecule has 0 saturated carbocycles. The largest absolute Gasteiger partial charge is 0.307 e. The van der Waals surface area contributed by atoms with Crippen LogP contribution in [0, 0.1) is 6.92 Å². The average Bonchev–Trinajstić information content (AvgIpc) is 2.91. The molecule has 0 aliphatic carbocycles. The van der Waals surface area contributed by atoms with Gasteiger partial charge in [-0.15, -0.1) is 11.3 Å². The molecular formula is C17H22N2S2. The van der Waals surface area contributed by atoms with Crippen LogP contribution in [0.2, 0.25) is 0 Å². The molecule has 112 valence electrons. The van der Waals surface area contributed by atoms with Crippen molar-refractivity contribution in [3.63, 3.8) is 0 Å². The normalized spacial score (nSPS) is 17.8. The molecule has 1 atom stereocenters. The molecule has 21 heavy (non-hydrogen) atoms. The Morgan fingerprint density at radius 3 is 2.62 bits per heavy atom. The monoisotopic (exact) mass is 318 g/mol. The van der Waals surface area contributed by atoms with E-state index in [2.05, 4.69) is 61.3 Å². The molecule has 1 aliphatic rings. The molecule has 1 aliphatic heterocycles. The van der Waals surface area contributed by atoms with Crippen molar-refractivity contribution < 1.29 is 0 Å². The van der Waals surface area contributed by atoms with Gasteiger partial charge < -0.3 is 5.32 Å². The Morgan fingerprint density at radius 1 is 1.19 bits per heavy atom. The number of aryl methyl sites for hydroxylation is 1. The van der Waals surface area contributed by atoms with Gasteiger partial charge in [0.05, 0.1) is 5.69 Å². The maximum Gasteiger partial charge on any atom is 0.123 e. The van der Waals surface area contributed by atoms with Gasteiger partial charge in [0.15, 0.2) is 0 Å². The second-order valence-electron chi connectivity index (χ2n) is 5.61. The minimum atomic E-state index is 0.396. The number of benzene rings is 1. The number of thioether (sulfide) groups is 1. The Hall–Kier alpha value is -0.840. The van der Waals surface area contributed by atoms with Crippen molar-refractivity contribution in [3.8, 4) is 10.6 Å². The van der Waals surface area contributed by atoms with Crippen molar-refractivity contribution in [2.45, 2.75) is 38.8 Å². The number of aromatic nitrogens is 1. The first-order valence-corrected chi connectivity index (χ1v) is 9.57. The lowest BCUT2D eigenvalue weighted by Gasteiger charge is -2.26. The zero-order valence-electron chi connectivity index (χ0n) is 12.6. The summed E-state index contributed by atoms with van der Waals surface area (Å²) in [6, 6.07) is 11.5. The Morgan fingerprint density at radius 2 is 1.90 bits per heavy atom. The fourth-order valence-corrected chi connectivity index (χ4v) is 5.00. The minimum Gasteiger partial charge on any atom is -0.307 e. The third-order valence-corrected chi connectivity index (χ3v) is 6.39. The SMILES string of the molecule is Cc1nc(-c2ccccc2)sc1C(C)NC1CCSCC1. The maximum absolute atomic E-state index is 4.77. The molecule has 0 radical (unpaired) electrons. The van der Waals surface area contributed by atoms with Crippen LogP contribution in [0.4, 0.5) is 0 Å². The van der Waals surface area contributed by atoms with Gasteiger partial charge in [0, 0.05) is 22.5 Å². The molecule has 1 fully saturated rings. The number of hydrogen-bond acceptors (Lipinski definition) is 4. The lowest BCUT2D eigenvalue weighted by molar-refractivity contribution is 0.433. The molecule has 0 spiro atoms. The molecule has 1 unspecified atom stereocenters. The summed E-state index contributed by atoms with van der Waals surface area (Å²) in [5, 5.41) is 4.93. The molecule has 1 aromatic heterocycles. The lowest BCUT2D eigenvalue weighted by Crippen LogP contribution is -2.34. The second kappa shape index (κ2) is 6.95. The number of nitrogens with one attached hydrogen (secondary N) is 1. The van der Waals surface area contributed by atoms with Crippen LogP contribution in [0.3, 0.4) is 0 Å². The summed E-state index contributed by atoms with van der Waals surface area (Å²) in [5.74, 6) is 2.59. The number of rotatable bonds is 4. The lowest BCUT2D eigenvalue weighted by atomic mass is 10.1. The van der Waals surface area contributed by atoms with Crippen molar-refractivity contribution in [1.82, 2.24) is 10.3 Å². The second-order valence-corrected chi connectivity index (χ2v) is 7.87. The number of hydrogen-bond donors (Lipinski definition) is 1. The highest BCUT2D eigenvalue weighted by Crippen LogP contribution is 2.32. The quantitative estimate of drug-likeness (QED) is 0.887. The van der Waals surface area contributed by atoms with Crippen molar-refractivity contribution in [2.24, 2.45) is 0 Å². The van der Waals surface area contributed by atoms with E-state index in [1.54, 1.807) is 0 Å². The van der Waals surface area contributed by atoms with Crippen LogP contribution in [-0.2, 0) is 0 Å². The van der Waals surface area contributed by atoms with E-state index in [4.69, 9.17) is 4.98 Å². The van der Waals surface area contributed by atoms with Gasteiger partial charge in [-0.3, -0.25) is 0 Å². The van der Waals surface area contributed by atoms with E-state index in [0.29, 0.717) is 12.1 Å². The van der Waals surface area contributed by atoms with Gasteiger partial charge in [-0.25, -0.2) is 4.98 Å². The third-order valence-electron chi connectivity index (χ3n) is 3.95. The fraction of sp³-hybridized carbons (Fsp3) is 0.471. The smallest absolute Gasteiger partial charge is 0.123 e. The highest BCUT2D eigenvalue weighted by Gasteiger charge is 2.20. The fourth-order valence-electron chi connectivity index (χ4n) is 2.81. The third kappa shape index (κ3) is 3.68. The highest BCUT2D eigenvalue weighted by molar-refractivity contribution is 7.99. The Balaban J connectivity index is 1.74. The van der Waals surface area contributed by atoms with E-state index in [9.17, 15) is 0 Å². The van der Waals surface area contributed by atoms with Crippen LogP contribution >= 0.6 is 23.1 Å². The highest BCUT2D eigenvalue weighted by atomic mass is 32.2. The Labute approximate surface area is 135 Å². The van der Waals surface area contributed by atoms with E-state index >= 15 is 0 Å². The van der Waals surface area contributed by atoms with Crippen LogP contribution in [0.5, 0.6) is 0 Å². The molecule has 2 nitrogen and oxygen atoms in total. The van der Waals surface area contributed by atoms with Gasteiger partial charge in [0.1, 0.15) is 5.01 Å². The Kier molecular flexibility index (Phi) is 4.99. The number of nitrogens with zero attached hydrogens (tertiary/aromatic N) is 1.